The van der Waals surface area contributed by atoms with E-state index in [1.807, 2.05) is 47.5 Å². The first-order valence-corrected chi connectivity index (χ1v) is 7.26. The number of carbonyl (C=O) groups excluding carboxylic acids is 1. The fourth-order valence-electron chi connectivity index (χ4n) is 2.80. The monoisotopic (exact) mass is 281 g/mol. The molecule has 4 nitrogen and oxygen atoms in total. The van der Waals surface area contributed by atoms with Crippen LogP contribution >= 0.6 is 0 Å². The topological polar surface area (TPSA) is 49.0 Å². The molecular formula is C17H19N3O. The summed E-state index contributed by atoms with van der Waals surface area (Å²) in [5, 5.41) is 7.13. The number of rotatable bonds is 3. The van der Waals surface area contributed by atoms with E-state index < -0.39 is 0 Å². The molecule has 0 saturated carbocycles. The third-order valence-corrected chi connectivity index (χ3v) is 3.99. The standard InChI is InChI=1S/C17H19N3O/c1-13-11-18-19-17(13)15-9-10-20(12-15)16(21)8-7-14-5-3-2-4-6-14/h2-8,11,15H,9-10,12H2,1H3,(H,18,19)/b8-7+. The number of nitrogens with one attached hydrogen (secondary N) is 1. The zero-order chi connectivity index (χ0) is 14.7. The Labute approximate surface area is 124 Å². The van der Waals surface area contributed by atoms with Crippen LogP contribution in [0.2, 0.25) is 0 Å². The van der Waals surface area contributed by atoms with Gasteiger partial charge in [0.2, 0.25) is 5.91 Å². The molecule has 0 aliphatic carbocycles. The average molecular weight is 281 g/mol. The predicted octanol–water partition coefficient (Wildman–Crippen LogP) is 2.75. The van der Waals surface area contributed by atoms with E-state index in [0.717, 1.165) is 30.8 Å². The number of benzene rings is 1. The van der Waals surface area contributed by atoms with Gasteiger partial charge >= 0.3 is 0 Å². The summed E-state index contributed by atoms with van der Waals surface area (Å²) in [5.41, 5.74) is 3.39. The molecule has 1 unspecified atom stereocenters. The summed E-state index contributed by atoms with van der Waals surface area (Å²) in [6.45, 7) is 3.63. The Morgan fingerprint density at radius 3 is 2.90 bits per heavy atom. The van der Waals surface area contributed by atoms with Gasteiger partial charge in [-0.1, -0.05) is 30.3 Å². The van der Waals surface area contributed by atoms with Crippen molar-refractivity contribution in [1.82, 2.24) is 15.1 Å². The average Bonchev–Trinajstić information content (AvgIpc) is 3.14. The molecule has 1 aliphatic heterocycles. The number of hydrogen-bond donors (Lipinski definition) is 1. The Bertz CT molecular complexity index is 645. The SMILES string of the molecule is Cc1cn[nH]c1C1CCN(C(=O)/C=C/c2ccccc2)C1. The second kappa shape index (κ2) is 5.95. The molecule has 21 heavy (non-hydrogen) atoms. The van der Waals surface area contributed by atoms with Gasteiger partial charge in [0.05, 0.1) is 6.20 Å². The van der Waals surface area contributed by atoms with E-state index in [-0.39, 0.29) is 5.91 Å². The van der Waals surface area contributed by atoms with Crippen molar-refractivity contribution in [3.63, 3.8) is 0 Å². The summed E-state index contributed by atoms with van der Waals surface area (Å²) in [6.07, 6.45) is 6.37. The number of amides is 1. The molecule has 0 spiro atoms. The quantitative estimate of drug-likeness (QED) is 0.879. The van der Waals surface area contributed by atoms with Crippen LogP contribution in [0.4, 0.5) is 0 Å². The number of aromatic amines is 1. The molecule has 108 valence electrons. The number of aromatic nitrogens is 2. The van der Waals surface area contributed by atoms with E-state index in [2.05, 4.69) is 17.1 Å². The number of H-pyrrole nitrogens is 1. The molecule has 1 aromatic carbocycles. The van der Waals surface area contributed by atoms with Crippen molar-refractivity contribution in [2.24, 2.45) is 0 Å². The van der Waals surface area contributed by atoms with Crippen molar-refractivity contribution in [3.05, 3.63) is 59.4 Å². The maximum Gasteiger partial charge on any atom is 0.246 e. The minimum Gasteiger partial charge on any atom is -0.338 e. The van der Waals surface area contributed by atoms with Crippen LogP contribution in [0.25, 0.3) is 6.08 Å². The third-order valence-electron chi connectivity index (χ3n) is 3.99. The number of likely N-dealkylation sites (tertiary alicyclic amines) is 1. The molecule has 1 aromatic heterocycles. The van der Waals surface area contributed by atoms with Gasteiger partial charge in [-0.25, -0.2) is 0 Å². The predicted molar refractivity (Wildman–Crippen MR) is 82.7 cm³/mol. The second-order valence-corrected chi connectivity index (χ2v) is 5.48. The van der Waals surface area contributed by atoms with Gasteiger partial charge in [0.25, 0.3) is 0 Å². The first-order chi connectivity index (χ1) is 10.2. The molecule has 1 amide bonds. The molecule has 2 heterocycles. The van der Waals surface area contributed by atoms with Crippen LogP contribution in [0.1, 0.15) is 29.2 Å². The Morgan fingerprint density at radius 1 is 1.38 bits per heavy atom. The van der Waals surface area contributed by atoms with Crippen LogP contribution in [-0.2, 0) is 4.79 Å². The summed E-state index contributed by atoms with van der Waals surface area (Å²) < 4.78 is 0. The third kappa shape index (κ3) is 3.05. The van der Waals surface area contributed by atoms with Gasteiger partial charge in [-0.05, 0) is 30.5 Å². The maximum atomic E-state index is 12.2. The molecule has 1 N–H and O–H groups in total. The van der Waals surface area contributed by atoms with Gasteiger partial charge < -0.3 is 4.90 Å². The lowest BCUT2D eigenvalue weighted by molar-refractivity contribution is -0.124. The maximum absolute atomic E-state index is 12.2. The van der Waals surface area contributed by atoms with Gasteiger partial charge in [-0.3, -0.25) is 9.89 Å². The lowest BCUT2D eigenvalue weighted by Crippen LogP contribution is -2.26. The molecule has 0 bridgehead atoms. The van der Waals surface area contributed by atoms with Gasteiger partial charge in [0.1, 0.15) is 0 Å². The van der Waals surface area contributed by atoms with Gasteiger partial charge in [-0.15, -0.1) is 0 Å². The van der Waals surface area contributed by atoms with Crippen molar-refractivity contribution >= 4 is 12.0 Å². The fraction of sp³-hybridized carbons (Fsp3) is 0.294. The van der Waals surface area contributed by atoms with Crippen LogP contribution in [0.3, 0.4) is 0 Å². The summed E-state index contributed by atoms with van der Waals surface area (Å²) in [4.78, 5) is 14.1. The van der Waals surface area contributed by atoms with Crippen molar-refractivity contribution in [2.45, 2.75) is 19.3 Å². The number of aryl methyl sites for hydroxylation is 1. The van der Waals surface area contributed by atoms with Crippen molar-refractivity contribution in [3.8, 4) is 0 Å². The van der Waals surface area contributed by atoms with E-state index >= 15 is 0 Å². The number of nitrogens with zero attached hydrogens (tertiary/aromatic N) is 2. The zero-order valence-corrected chi connectivity index (χ0v) is 12.1. The minimum atomic E-state index is 0.0820. The summed E-state index contributed by atoms with van der Waals surface area (Å²) >= 11 is 0. The van der Waals surface area contributed by atoms with Gasteiger partial charge in [0.15, 0.2) is 0 Å². The molecule has 1 aliphatic rings. The minimum absolute atomic E-state index is 0.0820. The Kier molecular flexibility index (Phi) is 3.86. The fourth-order valence-corrected chi connectivity index (χ4v) is 2.80. The molecule has 1 fully saturated rings. The highest BCUT2D eigenvalue weighted by Crippen LogP contribution is 2.27. The van der Waals surface area contributed by atoms with Crippen LogP contribution in [0, 0.1) is 6.92 Å². The van der Waals surface area contributed by atoms with Crippen LogP contribution < -0.4 is 0 Å². The van der Waals surface area contributed by atoms with Crippen LogP contribution in [0.15, 0.2) is 42.6 Å². The normalized spacial score (nSPS) is 18.5. The first-order valence-electron chi connectivity index (χ1n) is 7.26. The molecule has 0 radical (unpaired) electrons. The summed E-state index contributed by atoms with van der Waals surface area (Å²) in [7, 11) is 0. The largest absolute Gasteiger partial charge is 0.338 e. The van der Waals surface area contributed by atoms with E-state index in [9.17, 15) is 4.79 Å². The molecule has 3 rings (SSSR count). The zero-order valence-electron chi connectivity index (χ0n) is 12.1. The number of hydrogen-bond acceptors (Lipinski definition) is 2. The molecule has 2 aromatic rings. The second-order valence-electron chi connectivity index (χ2n) is 5.48. The van der Waals surface area contributed by atoms with E-state index in [4.69, 9.17) is 0 Å². The van der Waals surface area contributed by atoms with Gasteiger partial charge in [0, 0.05) is 30.8 Å². The van der Waals surface area contributed by atoms with Crippen molar-refractivity contribution in [2.75, 3.05) is 13.1 Å². The molecule has 4 heteroatoms. The summed E-state index contributed by atoms with van der Waals surface area (Å²) in [5.74, 6) is 0.458. The van der Waals surface area contributed by atoms with Crippen LogP contribution in [0.5, 0.6) is 0 Å². The molecular weight excluding hydrogens is 262 g/mol. The summed E-state index contributed by atoms with van der Waals surface area (Å²) in [6, 6.07) is 9.89. The van der Waals surface area contributed by atoms with Gasteiger partial charge in [-0.2, -0.15) is 5.10 Å². The smallest absolute Gasteiger partial charge is 0.246 e. The highest BCUT2D eigenvalue weighted by Gasteiger charge is 2.28. The molecule has 1 saturated heterocycles. The van der Waals surface area contributed by atoms with E-state index in [1.165, 1.54) is 5.56 Å². The highest BCUT2D eigenvalue weighted by molar-refractivity contribution is 5.92. The first kappa shape index (κ1) is 13.6. The van der Waals surface area contributed by atoms with Crippen LogP contribution in [-0.4, -0.2) is 34.1 Å². The Hall–Kier alpha value is -2.36. The van der Waals surface area contributed by atoms with E-state index in [1.54, 1.807) is 6.08 Å². The lowest BCUT2D eigenvalue weighted by atomic mass is 10.0. The highest BCUT2D eigenvalue weighted by atomic mass is 16.2. The van der Waals surface area contributed by atoms with E-state index in [0.29, 0.717) is 5.92 Å². The lowest BCUT2D eigenvalue weighted by Gasteiger charge is -2.14. The Balaban J connectivity index is 1.62. The number of carbonyl (C=O) groups is 1. The van der Waals surface area contributed by atoms with Crippen molar-refractivity contribution in [1.29, 1.82) is 0 Å². The Morgan fingerprint density at radius 2 is 2.19 bits per heavy atom. The van der Waals surface area contributed by atoms with Crippen molar-refractivity contribution < 1.29 is 4.79 Å². The molecule has 1 atom stereocenters.